The van der Waals surface area contributed by atoms with Gasteiger partial charge in [-0.25, -0.2) is 0 Å². The Morgan fingerprint density at radius 3 is 0.886 bits per heavy atom. The summed E-state index contributed by atoms with van der Waals surface area (Å²) in [5, 5.41) is 23.3. The van der Waals surface area contributed by atoms with Crippen LogP contribution >= 0.6 is 0 Å². The number of carbonyl (C=O) groups excluding carboxylic acids is 2. The first-order valence-corrected chi connectivity index (χ1v) is 40.3. The van der Waals surface area contributed by atoms with Gasteiger partial charge in [-0.3, -0.25) is 9.59 Å². The number of amides is 1. The van der Waals surface area contributed by atoms with Crippen molar-refractivity contribution in [1.29, 1.82) is 0 Å². The first-order valence-electron chi connectivity index (χ1n) is 40.3. The van der Waals surface area contributed by atoms with Crippen molar-refractivity contribution in [2.75, 3.05) is 13.2 Å². The van der Waals surface area contributed by atoms with Gasteiger partial charge in [-0.2, -0.15) is 0 Å². The van der Waals surface area contributed by atoms with E-state index in [4.69, 9.17) is 4.74 Å². The number of hydrogen-bond acceptors (Lipinski definition) is 5. The molecule has 0 heterocycles. The standard InChI is InChI=1S/C82H157NO5/c1-3-5-7-9-11-13-15-17-19-21-22-23-24-30-33-36-39-43-46-50-54-58-62-66-70-74-80(85)79(78-84)83-81(86)75-71-67-63-59-55-51-47-44-40-37-34-31-28-26-25-27-29-32-35-38-41-45-49-53-57-61-65-69-73-77-88-82(87)76-72-68-64-60-56-52-48-42-20-18-16-14-12-10-8-6-4-2/h12,14,18,20,70,74,79-80,84-85H,3-11,13,15-17,19,21-69,71-73,75-78H2,1-2H3,(H,83,86)/b14-12-,20-18-,74-70+. The van der Waals surface area contributed by atoms with E-state index in [0.29, 0.717) is 19.4 Å². The first-order chi connectivity index (χ1) is 43.5. The topological polar surface area (TPSA) is 95.9 Å². The third kappa shape index (κ3) is 73.1. The maximum Gasteiger partial charge on any atom is 0.305 e. The lowest BCUT2D eigenvalue weighted by Crippen LogP contribution is -2.45. The Balaban J connectivity index is 3.37. The third-order valence-electron chi connectivity index (χ3n) is 18.9. The number of aliphatic hydroxyl groups excluding tert-OH is 2. The van der Waals surface area contributed by atoms with Crippen LogP contribution in [0.15, 0.2) is 36.5 Å². The molecule has 0 aliphatic carbocycles. The van der Waals surface area contributed by atoms with Gasteiger partial charge in [0.25, 0.3) is 0 Å². The summed E-state index contributed by atoms with van der Waals surface area (Å²) in [4.78, 5) is 24.7. The molecule has 0 bridgehead atoms. The van der Waals surface area contributed by atoms with Crippen molar-refractivity contribution in [3.63, 3.8) is 0 Å². The van der Waals surface area contributed by atoms with Gasteiger partial charge in [-0.05, 0) is 64.2 Å². The minimum Gasteiger partial charge on any atom is -0.466 e. The molecule has 0 spiro atoms. The van der Waals surface area contributed by atoms with E-state index in [-0.39, 0.29) is 18.5 Å². The van der Waals surface area contributed by atoms with Gasteiger partial charge < -0.3 is 20.3 Å². The Morgan fingerprint density at radius 2 is 0.568 bits per heavy atom. The van der Waals surface area contributed by atoms with E-state index >= 15 is 0 Å². The highest BCUT2D eigenvalue weighted by atomic mass is 16.5. The quantitative estimate of drug-likeness (QED) is 0.0320. The van der Waals surface area contributed by atoms with Gasteiger partial charge >= 0.3 is 5.97 Å². The van der Waals surface area contributed by atoms with Crippen LogP contribution in [0.3, 0.4) is 0 Å². The highest BCUT2D eigenvalue weighted by Crippen LogP contribution is 2.20. The Kier molecular flexibility index (Phi) is 75.8. The fourth-order valence-corrected chi connectivity index (χ4v) is 12.8. The van der Waals surface area contributed by atoms with Gasteiger partial charge in [0.15, 0.2) is 0 Å². The number of hydrogen-bond donors (Lipinski definition) is 3. The largest absolute Gasteiger partial charge is 0.466 e. The van der Waals surface area contributed by atoms with E-state index < -0.39 is 12.1 Å². The Morgan fingerprint density at radius 1 is 0.318 bits per heavy atom. The summed E-state index contributed by atoms with van der Waals surface area (Å²) in [7, 11) is 0. The Hall–Kier alpha value is -1.92. The number of rotatable bonds is 76. The molecule has 520 valence electrons. The van der Waals surface area contributed by atoms with Crippen LogP contribution in [0.5, 0.6) is 0 Å². The number of aliphatic hydroxyl groups is 2. The molecule has 0 aliphatic rings. The molecule has 0 aromatic carbocycles. The van der Waals surface area contributed by atoms with E-state index in [2.05, 4.69) is 43.5 Å². The summed E-state index contributed by atoms with van der Waals surface area (Å²) in [6.45, 7) is 4.93. The second-order valence-corrected chi connectivity index (χ2v) is 27.8. The first kappa shape index (κ1) is 86.1. The Bertz CT molecular complexity index is 1430. The molecule has 6 heteroatoms. The van der Waals surface area contributed by atoms with Crippen molar-refractivity contribution in [2.45, 2.75) is 463 Å². The lowest BCUT2D eigenvalue weighted by molar-refractivity contribution is -0.143. The van der Waals surface area contributed by atoms with Gasteiger partial charge in [0.2, 0.25) is 5.91 Å². The molecule has 0 aromatic heterocycles. The second kappa shape index (κ2) is 77.5. The summed E-state index contributed by atoms with van der Waals surface area (Å²) in [6, 6.07) is -0.627. The zero-order valence-electron chi connectivity index (χ0n) is 59.7. The zero-order valence-corrected chi connectivity index (χ0v) is 59.7. The molecule has 6 nitrogen and oxygen atoms in total. The van der Waals surface area contributed by atoms with Gasteiger partial charge in [0, 0.05) is 12.8 Å². The molecule has 2 atom stereocenters. The van der Waals surface area contributed by atoms with Crippen LogP contribution in [0.4, 0.5) is 0 Å². The number of esters is 1. The van der Waals surface area contributed by atoms with Gasteiger partial charge in [0.05, 0.1) is 25.4 Å². The maximum absolute atomic E-state index is 12.6. The molecule has 0 saturated carbocycles. The normalized spacial score (nSPS) is 12.6. The van der Waals surface area contributed by atoms with E-state index in [1.165, 1.54) is 372 Å². The van der Waals surface area contributed by atoms with Crippen molar-refractivity contribution < 1.29 is 24.5 Å². The van der Waals surface area contributed by atoms with Crippen LogP contribution in [0.2, 0.25) is 0 Å². The summed E-state index contributed by atoms with van der Waals surface area (Å²) in [5.41, 5.74) is 0. The maximum atomic E-state index is 12.6. The van der Waals surface area contributed by atoms with Gasteiger partial charge in [-0.15, -0.1) is 0 Å². The average molecular weight is 1240 g/mol. The van der Waals surface area contributed by atoms with Crippen LogP contribution in [0.1, 0.15) is 450 Å². The summed E-state index contributed by atoms with van der Waals surface area (Å²) >= 11 is 0. The molecular weight excluding hydrogens is 1080 g/mol. The lowest BCUT2D eigenvalue weighted by atomic mass is 10.0. The van der Waals surface area contributed by atoms with E-state index in [0.717, 1.165) is 51.4 Å². The van der Waals surface area contributed by atoms with E-state index in [9.17, 15) is 19.8 Å². The molecule has 0 rings (SSSR count). The lowest BCUT2D eigenvalue weighted by Gasteiger charge is -2.20. The van der Waals surface area contributed by atoms with Crippen molar-refractivity contribution in [3.8, 4) is 0 Å². The van der Waals surface area contributed by atoms with E-state index in [1.54, 1.807) is 6.08 Å². The van der Waals surface area contributed by atoms with Crippen LogP contribution < -0.4 is 5.32 Å². The van der Waals surface area contributed by atoms with Crippen LogP contribution in [-0.2, 0) is 14.3 Å². The average Bonchev–Trinajstić information content (AvgIpc) is 3.58. The van der Waals surface area contributed by atoms with Crippen molar-refractivity contribution >= 4 is 11.9 Å². The minimum absolute atomic E-state index is 0.0122. The van der Waals surface area contributed by atoms with Gasteiger partial charge in [-0.1, -0.05) is 410 Å². The molecule has 0 radical (unpaired) electrons. The van der Waals surface area contributed by atoms with Crippen molar-refractivity contribution in [3.05, 3.63) is 36.5 Å². The van der Waals surface area contributed by atoms with Gasteiger partial charge in [0.1, 0.15) is 0 Å². The number of allylic oxidation sites excluding steroid dienone is 5. The van der Waals surface area contributed by atoms with Crippen LogP contribution in [0.25, 0.3) is 0 Å². The molecule has 3 N–H and O–H groups in total. The second-order valence-electron chi connectivity index (χ2n) is 27.8. The minimum atomic E-state index is -0.844. The number of unbranched alkanes of at least 4 members (excludes halogenated alkanes) is 61. The predicted octanol–water partition coefficient (Wildman–Crippen LogP) is 26.6. The predicted molar refractivity (Wildman–Crippen MR) is 389 cm³/mol. The summed E-state index contributed by atoms with van der Waals surface area (Å²) in [5.74, 6) is -0.0470. The van der Waals surface area contributed by atoms with E-state index in [1.807, 2.05) is 6.08 Å². The molecule has 1 amide bonds. The summed E-state index contributed by atoms with van der Waals surface area (Å²) < 4.78 is 5.51. The SMILES string of the molecule is CCCCC/C=C\C/C=C\CCCCCCCCCC(=O)OCCCCCCCCCCCCCCCCCCCCCCCCCCCCCCCC(=O)NC(CO)C(O)/C=C/CCCCCCCCCCCCCCCCCCCCCCCCC. The van der Waals surface area contributed by atoms with Crippen molar-refractivity contribution in [1.82, 2.24) is 5.32 Å². The molecule has 2 unspecified atom stereocenters. The molecular formula is C82H157NO5. The Labute approximate surface area is 551 Å². The van der Waals surface area contributed by atoms with Crippen LogP contribution in [0, 0.1) is 0 Å². The molecule has 0 fully saturated rings. The molecule has 0 aliphatic heterocycles. The number of nitrogens with one attached hydrogen (secondary N) is 1. The molecule has 88 heavy (non-hydrogen) atoms. The van der Waals surface area contributed by atoms with Crippen LogP contribution in [-0.4, -0.2) is 47.4 Å². The monoisotopic (exact) mass is 1240 g/mol. The molecule has 0 saturated heterocycles. The summed E-state index contributed by atoms with van der Waals surface area (Å²) in [6.07, 6.45) is 101. The fourth-order valence-electron chi connectivity index (χ4n) is 12.8. The third-order valence-corrected chi connectivity index (χ3v) is 18.9. The zero-order chi connectivity index (χ0) is 63.5. The highest BCUT2D eigenvalue weighted by molar-refractivity contribution is 5.76. The number of carbonyl (C=O) groups is 2. The fraction of sp³-hybridized carbons (Fsp3) is 0.902. The van der Waals surface area contributed by atoms with Crippen molar-refractivity contribution in [2.24, 2.45) is 0 Å². The highest BCUT2D eigenvalue weighted by Gasteiger charge is 2.18. The molecule has 0 aromatic rings. The smallest absolute Gasteiger partial charge is 0.305 e. The number of ether oxygens (including phenoxy) is 1.